The van der Waals surface area contributed by atoms with Gasteiger partial charge in [0.15, 0.2) is 0 Å². The van der Waals surface area contributed by atoms with Gasteiger partial charge in [0.25, 0.3) is 0 Å². The minimum Gasteiger partial charge on any atom is -0.489 e. The molecule has 0 saturated carbocycles. The Bertz CT molecular complexity index is 630. The molecule has 1 heterocycles. The quantitative estimate of drug-likeness (QED) is 0.823. The predicted molar refractivity (Wildman–Crippen MR) is 79.4 cm³/mol. The highest BCUT2D eigenvalue weighted by Crippen LogP contribution is 2.24. The van der Waals surface area contributed by atoms with Crippen LogP contribution in [0.15, 0.2) is 24.3 Å². The summed E-state index contributed by atoms with van der Waals surface area (Å²) in [6.45, 7) is 2.60. The van der Waals surface area contributed by atoms with Gasteiger partial charge in [0.1, 0.15) is 11.9 Å². The van der Waals surface area contributed by atoms with Crippen molar-refractivity contribution in [2.24, 2.45) is 0 Å². The standard InChI is InChI=1S/C14H20N2O4S/c1-11-8-16(14(17)10-15(2)21(3,18)19)9-12-6-4-5-7-13(12)20-11/h4-7,11H,8-10H2,1-3H3. The van der Waals surface area contributed by atoms with E-state index >= 15 is 0 Å². The van der Waals surface area contributed by atoms with Crippen molar-refractivity contribution in [1.29, 1.82) is 0 Å². The molecule has 0 radical (unpaired) electrons. The van der Waals surface area contributed by atoms with E-state index in [9.17, 15) is 13.2 Å². The molecule has 0 aliphatic carbocycles. The molecule has 116 valence electrons. The van der Waals surface area contributed by atoms with Crippen molar-refractivity contribution in [3.05, 3.63) is 29.8 Å². The summed E-state index contributed by atoms with van der Waals surface area (Å²) in [5, 5.41) is 0. The second kappa shape index (κ2) is 6.03. The van der Waals surface area contributed by atoms with Crippen LogP contribution >= 0.6 is 0 Å². The third kappa shape index (κ3) is 3.95. The zero-order valence-corrected chi connectivity index (χ0v) is 13.3. The molecule has 6 nitrogen and oxygen atoms in total. The van der Waals surface area contributed by atoms with Crippen LogP contribution in [0, 0.1) is 0 Å². The van der Waals surface area contributed by atoms with Gasteiger partial charge in [-0.05, 0) is 13.0 Å². The van der Waals surface area contributed by atoms with Gasteiger partial charge in [-0.15, -0.1) is 0 Å². The van der Waals surface area contributed by atoms with Crippen molar-refractivity contribution in [3.8, 4) is 5.75 Å². The molecular formula is C14H20N2O4S. The van der Waals surface area contributed by atoms with Gasteiger partial charge in [-0.2, -0.15) is 4.31 Å². The van der Waals surface area contributed by atoms with Crippen LogP contribution in [-0.2, 0) is 21.4 Å². The minimum atomic E-state index is -3.37. The molecule has 1 atom stereocenters. The first-order chi connectivity index (χ1) is 9.77. The molecule has 1 aromatic carbocycles. The van der Waals surface area contributed by atoms with Crippen molar-refractivity contribution >= 4 is 15.9 Å². The SMILES string of the molecule is CC1CN(C(=O)CN(C)S(C)(=O)=O)Cc2ccccc2O1. The number of rotatable bonds is 3. The monoisotopic (exact) mass is 312 g/mol. The fourth-order valence-electron chi connectivity index (χ4n) is 2.18. The van der Waals surface area contributed by atoms with E-state index in [4.69, 9.17) is 4.74 Å². The van der Waals surface area contributed by atoms with Gasteiger partial charge in [-0.25, -0.2) is 8.42 Å². The highest BCUT2D eigenvalue weighted by atomic mass is 32.2. The molecular weight excluding hydrogens is 292 g/mol. The number of sulfonamides is 1. The average molecular weight is 312 g/mol. The Kier molecular flexibility index (Phi) is 4.53. The normalized spacial score (nSPS) is 18.9. The number of ether oxygens (including phenoxy) is 1. The molecule has 0 N–H and O–H groups in total. The number of fused-ring (bicyclic) bond motifs is 1. The topological polar surface area (TPSA) is 66.9 Å². The van der Waals surface area contributed by atoms with Crippen LogP contribution in [0.1, 0.15) is 12.5 Å². The van der Waals surface area contributed by atoms with E-state index in [0.29, 0.717) is 13.1 Å². The molecule has 1 amide bonds. The van der Waals surface area contributed by atoms with Crippen molar-refractivity contribution < 1.29 is 17.9 Å². The van der Waals surface area contributed by atoms with Gasteiger partial charge < -0.3 is 9.64 Å². The summed E-state index contributed by atoms with van der Waals surface area (Å²) in [4.78, 5) is 14.0. The molecule has 0 saturated heterocycles. The van der Waals surface area contributed by atoms with Crippen LogP contribution in [0.25, 0.3) is 0 Å². The predicted octanol–water partition coefficient (Wildman–Crippen LogP) is 0.688. The summed E-state index contributed by atoms with van der Waals surface area (Å²) in [5.74, 6) is 0.548. The Morgan fingerprint density at radius 3 is 2.76 bits per heavy atom. The number of carbonyl (C=O) groups is 1. The maximum atomic E-state index is 12.3. The first kappa shape index (κ1) is 15.8. The summed E-state index contributed by atoms with van der Waals surface area (Å²) in [6, 6.07) is 7.57. The summed E-state index contributed by atoms with van der Waals surface area (Å²) < 4.78 is 29.7. The molecule has 0 spiro atoms. The van der Waals surface area contributed by atoms with Gasteiger partial charge >= 0.3 is 0 Å². The number of hydrogen-bond acceptors (Lipinski definition) is 4. The first-order valence-corrected chi connectivity index (χ1v) is 8.56. The van der Waals surface area contributed by atoms with Gasteiger partial charge in [0.05, 0.1) is 19.3 Å². The molecule has 1 aromatic rings. The molecule has 1 unspecified atom stereocenters. The first-order valence-electron chi connectivity index (χ1n) is 6.71. The van der Waals surface area contributed by atoms with Gasteiger partial charge in [0, 0.05) is 19.2 Å². The molecule has 0 fully saturated rings. The summed E-state index contributed by atoms with van der Waals surface area (Å²) in [6.07, 6.45) is 0.949. The lowest BCUT2D eigenvalue weighted by Gasteiger charge is -2.24. The van der Waals surface area contributed by atoms with Gasteiger partial charge in [-0.3, -0.25) is 4.79 Å². The summed E-state index contributed by atoms with van der Waals surface area (Å²) in [7, 11) is -1.96. The third-order valence-corrected chi connectivity index (χ3v) is 4.68. The number of hydrogen-bond donors (Lipinski definition) is 0. The highest BCUT2D eigenvalue weighted by Gasteiger charge is 2.25. The van der Waals surface area contributed by atoms with E-state index in [0.717, 1.165) is 21.9 Å². The van der Waals surface area contributed by atoms with Crippen LogP contribution in [0.3, 0.4) is 0 Å². The fourth-order valence-corrected chi connectivity index (χ4v) is 2.53. The molecule has 0 aromatic heterocycles. The van der Waals surface area contributed by atoms with Crippen LogP contribution in [0.4, 0.5) is 0 Å². The summed E-state index contributed by atoms with van der Waals surface area (Å²) >= 11 is 0. The van der Waals surface area contributed by atoms with Crippen molar-refractivity contribution in [3.63, 3.8) is 0 Å². The van der Waals surface area contributed by atoms with Crippen molar-refractivity contribution in [2.75, 3.05) is 26.4 Å². The van der Waals surface area contributed by atoms with E-state index in [2.05, 4.69) is 0 Å². The Morgan fingerprint density at radius 1 is 1.43 bits per heavy atom. The second-order valence-electron chi connectivity index (χ2n) is 5.33. The number of benzene rings is 1. The minimum absolute atomic E-state index is 0.138. The number of amides is 1. The lowest BCUT2D eigenvalue weighted by Crippen LogP contribution is -2.42. The summed E-state index contributed by atoms with van der Waals surface area (Å²) in [5.41, 5.74) is 0.928. The van der Waals surface area contributed by atoms with E-state index in [-0.39, 0.29) is 18.6 Å². The maximum absolute atomic E-state index is 12.3. The zero-order chi connectivity index (χ0) is 15.6. The van der Waals surface area contributed by atoms with Crippen LogP contribution in [0.5, 0.6) is 5.75 Å². The van der Waals surface area contributed by atoms with Crippen LogP contribution < -0.4 is 4.74 Å². The van der Waals surface area contributed by atoms with E-state index in [1.807, 2.05) is 31.2 Å². The van der Waals surface area contributed by atoms with Gasteiger partial charge in [0.2, 0.25) is 15.9 Å². The highest BCUT2D eigenvalue weighted by molar-refractivity contribution is 7.88. The van der Waals surface area contributed by atoms with Gasteiger partial charge in [-0.1, -0.05) is 18.2 Å². The second-order valence-corrected chi connectivity index (χ2v) is 7.42. The molecule has 1 aliphatic rings. The molecule has 21 heavy (non-hydrogen) atoms. The largest absolute Gasteiger partial charge is 0.489 e. The maximum Gasteiger partial charge on any atom is 0.238 e. The average Bonchev–Trinajstić information content (AvgIpc) is 2.55. The fraction of sp³-hybridized carbons (Fsp3) is 0.500. The number of para-hydroxylation sites is 1. The van der Waals surface area contributed by atoms with Crippen LogP contribution in [0.2, 0.25) is 0 Å². The number of likely N-dealkylation sites (N-methyl/N-ethyl adjacent to an activating group) is 1. The molecule has 7 heteroatoms. The lowest BCUT2D eigenvalue weighted by molar-refractivity contribution is -0.132. The molecule has 2 rings (SSSR count). The van der Waals surface area contributed by atoms with Crippen molar-refractivity contribution in [1.82, 2.24) is 9.21 Å². The smallest absolute Gasteiger partial charge is 0.238 e. The van der Waals surface area contributed by atoms with E-state index in [1.165, 1.54) is 7.05 Å². The van der Waals surface area contributed by atoms with Crippen LogP contribution in [-0.4, -0.2) is 56.0 Å². The Hall–Kier alpha value is -1.60. The number of carbonyl (C=O) groups excluding carboxylic acids is 1. The van der Waals surface area contributed by atoms with E-state index in [1.54, 1.807) is 4.90 Å². The zero-order valence-electron chi connectivity index (χ0n) is 12.4. The number of nitrogens with zero attached hydrogens (tertiary/aromatic N) is 2. The third-order valence-electron chi connectivity index (χ3n) is 3.42. The Morgan fingerprint density at radius 2 is 2.10 bits per heavy atom. The Labute approximate surface area is 125 Å². The van der Waals surface area contributed by atoms with Crippen molar-refractivity contribution in [2.45, 2.75) is 19.6 Å². The van der Waals surface area contributed by atoms with E-state index < -0.39 is 10.0 Å². The molecule has 0 bridgehead atoms. The Balaban J connectivity index is 2.15. The lowest BCUT2D eigenvalue weighted by atomic mass is 10.2. The molecule has 1 aliphatic heterocycles.